The third kappa shape index (κ3) is 3.31. The molecule has 1 N–H and O–H groups in total. The zero-order chi connectivity index (χ0) is 17.5. The van der Waals surface area contributed by atoms with Crippen LogP contribution in [0.25, 0.3) is 0 Å². The first-order chi connectivity index (χ1) is 11.2. The largest absolute Gasteiger partial charge is 0.434 e. The Kier molecular flexibility index (Phi) is 4.16. The van der Waals surface area contributed by atoms with E-state index >= 15 is 0 Å². The first-order valence-electron chi connectivity index (χ1n) is 7.28. The number of aromatic nitrogens is 4. The van der Waals surface area contributed by atoms with Gasteiger partial charge in [-0.2, -0.15) is 18.3 Å². The van der Waals surface area contributed by atoms with Gasteiger partial charge in [-0.3, -0.25) is 4.68 Å². The second-order valence-electron chi connectivity index (χ2n) is 5.74. The molecule has 11 heteroatoms. The smallest absolute Gasteiger partial charge is 0.334 e. The molecule has 0 bridgehead atoms. The van der Waals surface area contributed by atoms with Gasteiger partial charge in [0.25, 0.3) is 10.0 Å². The van der Waals surface area contributed by atoms with Gasteiger partial charge in [-0.1, -0.05) is 0 Å². The minimum absolute atomic E-state index is 0.0426. The van der Waals surface area contributed by atoms with Gasteiger partial charge in [-0.05, 0) is 18.4 Å². The van der Waals surface area contributed by atoms with Gasteiger partial charge in [-0.15, -0.1) is 0 Å². The maximum Gasteiger partial charge on any atom is 0.434 e. The first-order valence-corrected chi connectivity index (χ1v) is 8.76. The SMILES string of the molecule is Cn1nccc1S(=O)(=O)NCC1CCc2nc(C(F)(F)F)cn2C1. The van der Waals surface area contributed by atoms with E-state index < -0.39 is 21.9 Å². The molecule has 132 valence electrons. The van der Waals surface area contributed by atoms with Crippen LogP contribution >= 0.6 is 0 Å². The second kappa shape index (κ2) is 5.88. The van der Waals surface area contributed by atoms with Gasteiger partial charge >= 0.3 is 6.18 Å². The fourth-order valence-corrected chi connectivity index (χ4v) is 3.98. The molecule has 0 fully saturated rings. The van der Waals surface area contributed by atoms with Crippen LogP contribution in [0.5, 0.6) is 0 Å². The number of nitrogens with one attached hydrogen (secondary N) is 1. The molecule has 1 atom stereocenters. The van der Waals surface area contributed by atoms with Crippen LogP contribution in [0.2, 0.25) is 0 Å². The average Bonchev–Trinajstić information content (AvgIpc) is 3.10. The van der Waals surface area contributed by atoms with Crippen LogP contribution in [0.1, 0.15) is 17.9 Å². The predicted molar refractivity (Wildman–Crippen MR) is 77.4 cm³/mol. The van der Waals surface area contributed by atoms with Gasteiger partial charge in [-0.25, -0.2) is 18.1 Å². The predicted octanol–water partition coefficient (Wildman–Crippen LogP) is 1.18. The minimum atomic E-state index is -4.47. The summed E-state index contributed by atoms with van der Waals surface area (Å²) >= 11 is 0. The van der Waals surface area contributed by atoms with Crippen molar-refractivity contribution in [2.24, 2.45) is 13.0 Å². The van der Waals surface area contributed by atoms with E-state index in [1.54, 1.807) is 0 Å². The van der Waals surface area contributed by atoms with Gasteiger partial charge in [0, 0.05) is 32.8 Å². The Hall–Kier alpha value is -1.88. The van der Waals surface area contributed by atoms with E-state index in [-0.39, 0.29) is 17.5 Å². The van der Waals surface area contributed by atoms with Gasteiger partial charge in [0.15, 0.2) is 10.7 Å². The van der Waals surface area contributed by atoms with Crippen molar-refractivity contribution in [2.75, 3.05) is 6.54 Å². The van der Waals surface area contributed by atoms with Crippen molar-refractivity contribution in [3.8, 4) is 0 Å². The molecule has 2 aromatic heterocycles. The van der Waals surface area contributed by atoms with Crippen LogP contribution in [-0.2, 0) is 36.2 Å². The summed E-state index contributed by atoms with van der Waals surface area (Å²) in [5.74, 6) is 0.281. The standard InChI is InChI=1S/C13H16F3N5O2S/c1-20-12(4-5-17-20)24(22,23)18-6-9-2-3-11-19-10(13(14,15)16)8-21(11)7-9/h4-5,8-9,18H,2-3,6-7H2,1H3. The Labute approximate surface area is 136 Å². The lowest BCUT2D eigenvalue weighted by Gasteiger charge is -2.23. The third-order valence-corrected chi connectivity index (χ3v) is 5.49. The molecule has 7 nitrogen and oxygen atoms in total. The fourth-order valence-electron chi connectivity index (χ4n) is 2.74. The molecule has 24 heavy (non-hydrogen) atoms. The normalized spacial score (nSPS) is 18.6. The van der Waals surface area contributed by atoms with Crippen molar-refractivity contribution in [3.63, 3.8) is 0 Å². The molecule has 3 rings (SSSR count). The van der Waals surface area contributed by atoms with E-state index in [0.717, 1.165) is 6.20 Å². The number of hydrogen-bond acceptors (Lipinski definition) is 4. The number of hydrogen-bond donors (Lipinski definition) is 1. The Bertz CT molecular complexity index is 840. The summed E-state index contributed by atoms with van der Waals surface area (Å²) < 4.78 is 67.7. The molecular formula is C13H16F3N5O2S. The Morgan fingerprint density at radius 1 is 1.42 bits per heavy atom. The third-order valence-electron chi connectivity index (χ3n) is 3.99. The molecule has 0 aliphatic carbocycles. The molecule has 1 aliphatic rings. The molecule has 0 amide bonds. The van der Waals surface area contributed by atoms with Crippen molar-refractivity contribution in [1.29, 1.82) is 0 Å². The van der Waals surface area contributed by atoms with E-state index in [1.165, 1.54) is 28.6 Å². The maximum atomic E-state index is 12.7. The number of fused-ring (bicyclic) bond motifs is 1. The van der Waals surface area contributed by atoms with Crippen LogP contribution in [-0.4, -0.2) is 34.3 Å². The van der Waals surface area contributed by atoms with Crippen LogP contribution in [0.15, 0.2) is 23.5 Å². The molecule has 0 aromatic carbocycles. The van der Waals surface area contributed by atoms with Gasteiger partial charge in [0.2, 0.25) is 0 Å². The van der Waals surface area contributed by atoms with Crippen LogP contribution < -0.4 is 4.72 Å². The number of sulfonamides is 1. The summed E-state index contributed by atoms with van der Waals surface area (Å²) in [6.45, 7) is 0.443. The molecular weight excluding hydrogens is 347 g/mol. The van der Waals surface area contributed by atoms with Crippen molar-refractivity contribution in [1.82, 2.24) is 24.1 Å². The molecule has 0 radical (unpaired) electrons. The highest BCUT2D eigenvalue weighted by Gasteiger charge is 2.35. The average molecular weight is 363 g/mol. The van der Waals surface area contributed by atoms with E-state index in [9.17, 15) is 21.6 Å². The van der Waals surface area contributed by atoms with E-state index in [2.05, 4.69) is 14.8 Å². The monoisotopic (exact) mass is 363 g/mol. The number of alkyl halides is 3. The Morgan fingerprint density at radius 3 is 2.79 bits per heavy atom. The molecule has 1 aliphatic heterocycles. The second-order valence-corrected chi connectivity index (χ2v) is 7.46. The molecule has 2 aromatic rings. The topological polar surface area (TPSA) is 81.8 Å². The molecule has 0 saturated heterocycles. The van der Waals surface area contributed by atoms with Crippen molar-refractivity contribution >= 4 is 10.0 Å². The van der Waals surface area contributed by atoms with Crippen LogP contribution in [0.4, 0.5) is 13.2 Å². The summed E-state index contributed by atoms with van der Waals surface area (Å²) in [7, 11) is -2.18. The number of aryl methyl sites for hydroxylation is 2. The summed E-state index contributed by atoms with van der Waals surface area (Å²) in [4.78, 5) is 3.61. The summed E-state index contributed by atoms with van der Waals surface area (Å²) in [5.41, 5.74) is -0.909. The van der Waals surface area contributed by atoms with Crippen LogP contribution in [0.3, 0.4) is 0 Å². The number of halogens is 3. The highest BCUT2D eigenvalue weighted by atomic mass is 32.2. The summed E-state index contributed by atoms with van der Waals surface area (Å²) in [5, 5.41) is 3.85. The molecule has 0 saturated carbocycles. The zero-order valence-electron chi connectivity index (χ0n) is 12.8. The molecule has 3 heterocycles. The number of imidazole rings is 1. The van der Waals surface area contributed by atoms with Gasteiger partial charge < -0.3 is 4.57 Å². The lowest BCUT2D eigenvalue weighted by Crippen LogP contribution is -2.34. The van der Waals surface area contributed by atoms with Gasteiger partial charge in [0.05, 0.1) is 6.20 Å². The van der Waals surface area contributed by atoms with Gasteiger partial charge in [0.1, 0.15) is 5.82 Å². The highest BCUT2D eigenvalue weighted by Crippen LogP contribution is 2.30. The molecule has 1 unspecified atom stereocenters. The first kappa shape index (κ1) is 17.0. The summed E-state index contributed by atoms with van der Waals surface area (Å²) in [6.07, 6.45) is -1.15. The summed E-state index contributed by atoms with van der Waals surface area (Å²) in [6, 6.07) is 1.38. The number of rotatable bonds is 4. The lowest BCUT2D eigenvalue weighted by molar-refractivity contribution is -0.141. The highest BCUT2D eigenvalue weighted by molar-refractivity contribution is 7.89. The van der Waals surface area contributed by atoms with Crippen molar-refractivity contribution in [2.45, 2.75) is 30.6 Å². The Morgan fingerprint density at radius 2 is 2.17 bits per heavy atom. The number of nitrogens with zero attached hydrogens (tertiary/aromatic N) is 4. The van der Waals surface area contributed by atoms with E-state index in [1.807, 2.05) is 0 Å². The van der Waals surface area contributed by atoms with Crippen LogP contribution in [0, 0.1) is 5.92 Å². The lowest BCUT2D eigenvalue weighted by atomic mass is 10.00. The maximum absolute atomic E-state index is 12.7. The van der Waals surface area contributed by atoms with E-state index in [4.69, 9.17) is 0 Å². The molecule has 0 spiro atoms. The fraction of sp³-hybridized carbons (Fsp3) is 0.538. The minimum Gasteiger partial charge on any atom is -0.334 e. The Balaban J connectivity index is 1.66. The van der Waals surface area contributed by atoms with Crippen molar-refractivity contribution < 1.29 is 21.6 Å². The zero-order valence-corrected chi connectivity index (χ0v) is 13.6. The van der Waals surface area contributed by atoms with E-state index in [0.29, 0.717) is 25.2 Å². The quantitative estimate of drug-likeness (QED) is 0.884. The van der Waals surface area contributed by atoms with Crippen molar-refractivity contribution in [3.05, 3.63) is 30.0 Å².